The van der Waals surface area contributed by atoms with Gasteiger partial charge in [0.05, 0.1) is 0 Å². The molecule has 0 aromatic carbocycles. The number of carbonyl (C=O) groups is 2. The predicted molar refractivity (Wildman–Crippen MR) is 62.3 cm³/mol. The summed E-state index contributed by atoms with van der Waals surface area (Å²) in [6.07, 6.45) is 1.57. The number of hydrogen-bond donors (Lipinski definition) is 2. The van der Waals surface area contributed by atoms with Gasteiger partial charge < -0.3 is 10.4 Å². The van der Waals surface area contributed by atoms with Gasteiger partial charge >= 0.3 is 0 Å². The van der Waals surface area contributed by atoms with E-state index in [9.17, 15) is 14.7 Å². The first-order chi connectivity index (χ1) is 7.50. The Bertz CT molecular complexity index is 416. The van der Waals surface area contributed by atoms with E-state index in [0.29, 0.717) is 10.9 Å². The number of anilines is 1. The molecule has 7 heteroatoms. The van der Waals surface area contributed by atoms with Crippen LogP contribution in [0.25, 0.3) is 0 Å². The number of aliphatic hydroxyl groups is 1. The lowest BCUT2D eigenvalue weighted by atomic mass is 10.0. The van der Waals surface area contributed by atoms with Crippen LogP contribution in [0.5, 0.6) is 0 Å². The molecule has 0 radical (unpaired) electrons. The van der Waals surface area contributed by atoms with E-state index in [1.54, 1.807) is 11.6 Å². The van der Waals surface area contributed by atoms with Crippen LogP contribution in [0.15, 0.2) is 11.6 Å². The van der Waals surface area contributed by atoms with Crippen molar-refractivity contribution in [3.63, 3.8) is 0 Å². The highest BCUT2D eigenvalue weighted by molar-refractivity contribution is 8.01. The zero-order valence-corrected chi connectivity index (χ0v) is 10.1. The highest BCUT2D eigenvalue weighted by atomic mass is 32.2. The smallest absolute Gasteiger partial charge is 0.237 e. The van der Waals surface area contributed by atoms with Crippen LogP contribution in [0.4, 0.5) is 5.13 Å². The van der Waals surface area contributed by atoms with Crippen LogP contribution in [0.2, 0.25) is 0 Å². The quantitative estimate of drug-likeness (QED) is 0.764. The Hall–Kier alpha value is -0.920. The monoisotopic (exact) mass is 258 g/mol. The van der Waals surface area contributed by atoms with Crippen molar-refractivity contribution in [2.45, 2.75) is 11.9 Å². The summed E-state index contributed by atoms with van der Waals surface area (Å²) in [5, 5.41) is 14.4. The van der Waals surface area contributed by atoms with Gasteiger partial charge in [-0.1, -0.05) is 0 Å². The lowest BCUT2D eigenvalue weighted by Crippen LogP contribution is -2.36. The van der Waals surface area contributed by atoms with Gasteiger partial charge in [0.1, 0.15) is 5.92 Å². The maximum atomic E-state index is 11.7. The van der Waals surface area contributed by atoms with Gasteiger partial charge in [-0.05, 0) is 6.92 Å². The summed E-state index contributed by atoms with van der Waals surface area (Å²) in [6, 6.07) is 0. The number of ketones is 1. The molecule has 1 aromatic rings. The van der Waals surface area contributed by atoms with Gasteiger partial charge in [-0.15, -0.1) is 23.1 Å². The first-order valence-electron chi connectivity index (χ1n) is 4.62. The minimum atomic E-state index is -1.44. The third-order valence-electron chi connectivity index (χ3n) is 2.28. The number of Topliss-reactive ketones (excluding diaryl/α,β-unsaturated/α-hetero) is 1. The number of aromatic nitrogens is 1. The van der Waals surface area contributed by atoms with Crippen molar-refractivity contribution in [3.8, 4) is 0 Å². The van der Waals surface area contributed by atoms with Crippen molar-refractivity contribution in [2.75, 3.05) is 11.1 Å². The second-order valence-corrected chi connectivity index (χ2v) is 5.85. The van der Waals surface area contributed by atoms with Crippen LogP contribution >= 0.6 is 23.1 Å². The molecular weight excluding hydrogens is 248 g/mol. The van der Waals surface area contributed by atoms with E-state index in [0.717, 1.165) is 11.8 Å². The fourth-order valence-corrected chi connectivity index (χ4v) is 3.00. The van der Waals surface area contributed by atoms with Crippen LogP contribution in [0.1, 0.15) is 6.92 Å². The second kappa shape index (κ2) is 4.15. The van der Waals surface area contributed by atoms with Crippen molar-refractivity contribution >= 4 is 39.9 Å². The van der Waals surface area contributed by atoms with Crippen LogP contribution in [-0.2, 0) is 9.59 Å². The number of hydrogen-bond acceptors (Lipinski definition) is 6. The summed E-state index contributed by atoms with van der Waals surface area (Å²) in [7, 11) is 0. The van der Waals surface area contributed by atoms with Gasteiger partial charge in [-0.25, -0.2) is 4.98 Å². The van der Waals surface area contributed by atoms with E-state index in [-0.39, 0.29) is 0 Å². The number of nitrogens with one attached hydrogen (secondary N) is 1. The molecule has 2 heterocycles. The van der Waals surface area contributed by atoms with Crippen LogP contribution in [0.3, 0.4) is 0 Å². The molecule has 2 rings (SSSR count). The first kappa shape index (κ1) is 11.6. The first-order valence-corrected chi connectivity index (χ1v) is 6.48. The molecule has 1 fully saturated rings. The molecule has 1 aliphatic heterocycles. The van der Waals surface area contributed by atoms with Gasteiger partial charge in [0, 0.05) is 17.3 Å². The molecule has 86 valence electrons. The SMILES string of the molecule is CC1(O)SCC(C(=O)Nc2nccs2)C1=O. The zero-order chi connectivity index (χ0) is 11.8. The van der Waals surface area contributed by atoms with Crippen molar-refractivity contribution in [3.05, 3.63) is 11.6 Å². The molecule has 1 aliphatic rings. The zero-order valence-electron chi connectivity index (χ0n) is 8.47. The average molecular weight is 258 g/mol. The Balaban J connectivity index is 2.04. The molecule has 0 aliphatic carbocycles. The summed E-state index contributed by atoms with van der Waals surface area (Å²) in [4.78, 5) is 25.8. The van der Waals surface area contributed by atoms with E-state index < -0.39 is 22.5 Å². The Morgan fingerprint density at radius 2 is 2.50 bits per heavy atom. The molecule has 0 spiro atoms. The number of rotatable bonds is 2. The summed E-state index contributed by atoms with van der Waals surface area (Å²) in [6.45, 7) is 1.41. The van der Waals surface area contributed by atoms with E-state index in [1.165, 1.54) is 18.3 Å². The van der Waals surface area contributed by atoms with Crippen LogP contribution in [0, 0.1) is 5.92 Å². The number of thioether (sulfide) groups is 1. The van der Waals surface area contributed by atoms with Crippen molar-refractivity contribution in [1.29, 1.82) is 0 Å². The molecule has 5 nitrogen and oxygen atoms in total. The van der Waals surface area contributed by atoms with E-state index >= 15 is 0 Å². The number of amides is 1. The molecule has 1 aromatic heterocycles. The van der Waals surface area contributed by atoms with Gasteiger partial charge in [-0.3, -0.25) is 9.59 Å². The maximum Gasteiger partial charge on any atom is 0.237 e. The molecule has 0 saturated carbocycles. The molecule has 2 N–H and O–H groups in total. The molecule has 2 unspecified atom stereocenters. The molecular formula is C9H10N2O3S2. The van der Waals surface area contributed by atoms with Crippen molar-refractivity contribution < 1.29 is 14.7 Å². The molecule has 1 amide bonds. The fraction of sp³-hybridized carbons (Fsp3) is 0.444. The fourth-order valence-electron chi connectivity index (χ4n) is 1.39. The highest BCUT2D eigenvalue weighted by Gasteiger charge is 2.46. The van der Waals surface area contributed by atoms with Crippen LogP contribution < -0.4 is 5.32 Å². The highest BCUT2D eigenvalue weighted by Crippen LogP contribution is 2.36. The van der Waals surface area contributed by atoms with Gasteiger partial charge in [0.25, 0.3) is 0 Å². The summed E-state index contributed by atoms with van der Waals surface area (Å²) >= 11 is 2.37. The number of nitrogens with zero attached hydrogens (tertiary/aromatic N) is 1. The van der Waals surface area contributed by atoms with Gasteiger partial charge in [0.15, 0.2) is 15.8 Å². The van der Waals surface area contributed by atoms with Crippen LogP contribution in [-0.4, -0.2) is 32.5 Å². The topological polar surface area (TPSA) is 79.3 Å². The number of thiazole rings is 1. The number of carbonyl (C=O) groups excluding carboxylic acids is 2. The normalized spacial score (nSPS) is 29.4. The van der Waals surface area contributed by atoms with E-state index in [2.05, 4.69) is 10.3 Å². The Kier molecular flexibility index (Phi) is 3.00. The van der Waals surface area contributed by atoms with Gasteiger partial charge in [-0.2, -0.15) is 0 Å². The van der Waals surface area contributed by atoms with E-state index in [4.69, 9.17) is 0 Å². The molecule has 2 atom stereocenters. The third kappa shape index (κ3) is 2.11. The van der Waals surface area contributed by atoms with Gasteiger partial charge in [0.2, 0.25) is 5.91 Å². The lowest BCUT2D eigenvalue weighted by molar-refractivity contribution is -0.135. The summed E-state index contributed by atoms with van der Waals surface area (Å²) in [5.74, 6) is -1.32. The Morgan fingerprint density at radius 3 is 3.00 bits per heavy atom. The molecule has 1 saturated heterocycles. The minimum Gasteiger partial charge on any atom is -0.372 e. The minimum absolute atomic E-state index is 0.309. The summed E-state index contributed by atoms with van der Waals surface area (Å²) in [5.41, 5.74) is 0. The van der Waals surface area contributed by atoms with Crippen molar-refractivity contribution in [2.24, 2.45) is 5.92 Å². The molecule has 16 heavy (non-hydrogen) atoms. The summed E-state index contributed by atoms with van der Waals surface area (Å²) < 4.78 is 0. The standard InChI is InChI=1S/C9H10N2O3S2/c1-9(14)6(12)5(4-16-9)7(13)11-8-10-2-3-15-8/h2-3,5,14H,4H2,1H3,(H,10,11,13). The van der Waals surface area contributed by atoms with E-state index in [1.807, 2.05) is 0 Å². The lowest BCUT2D eigenvalue weighted by Gasteiger charge is -2.12. The third-order valence-corrected chi connectivity index (χ3v) is 4.24. The maximum absolute atomic E-state index is 11.7. The predicted octanol–water partition coefficient (Wildman–Crippen LogP) is 0.722. The van der Waals surface area contributed by atoms with Crippen molar-refractivity contribution in [1.82, 2.24) is 4.98 Å². The average Bonchev–Trinajstić information content (AvgIpc) is 2.77. The Labute approximate surface area is 100 Å². The Morgan fingerprint density at radius 1 is 1.75 bits per heavy atom. The largest absolute Gasteiger partial charge is 0.372 e. The second-order valence-electron chi connectivity index (χ2n) is 3.54. The molecule has 0 bridgehead atoms.